The molecule has 0 saturated carbocycles. The van der Waals surface area contributed by atoms with Crippen LogP contribution in [0.4, 0.5) is 0 Å². The average molecular weight is 486 g/mol. The van der Waals surface area contributed by atoms with Crippen molar-refractivity contribution in [3.8, 4) is 5.75 Å². The fraction of sp³-hybridized carbons (Fsp3) is 0.500. The fourth-order valence-corrected chi connectivity index (χ4v) is 4.45. The first-order chi connectivity index (χ1) is 16.9. The number of nitrogens with two attached hydrogens (primary N) is 1. The highest BCUT2D eigenvalue weighted by molar-refractivity contribution is 6.01. The molecule has 2 aliphatic rings. The normalized spacial score (nSPS) is 16.7. The first-order valence-electron chi connectivity index (χ1n) is 11.6. The Balaban J connectivity index is 1.43. The molecular weight excluding hydrogens is 454 g/mol. The van der Waals surface area contributed by atoms with Crippen LogP contribution in [-0.4, -0.2) is 76.8 Å². The van der Waals surface area contributed by atoms with Gasteiger partial charge in [0.2, 0.25) is 5.91 Å². The molecule has 0 radical (unpaired) electrons. The smallest absolute Gasteiger partial charge is 0.305 e. The second-order valence-corrected chi connectivity index (χ2v) is 8.68. The summed E-state index contributed by atoms with van der Waals surface area (Å²) in [5.74, 6) is -0.897. The number of hydrogen-bond donors (Lipinski definition) is 1. The minimum atomic E-state index is -0.916. The lowest BCUT2D eigenvalue weighted by atomic mass is 10.1. The summed E-state index contributed by atoms with van der Waals surface area (Å²) in [6.45, 7) is 4.46. The van der Waals surface area contributed by atoms with Gasteiger partial charge in [0.15, 0.2) is 0 Å². The van der Waals surface area contributed by atoms with E-state index in [1.165, 1.54) is 12.0 Å². The lowest BCUT2D eigenvalue weighted by Crippen LogP contribution is -2.45. The van der Waals surface area contributed by atoms with Gasteiger partial charge in [0.1, 0.15) is 24.1 Å². The second-order valence-electron chi connectivity index (χ2n) is 8.68. The van der Waals surface area contributed by atoms with E-state index >= 15 is 0 Å². The average Bonchev–Trinajstić information content (AvgIpc) is 3.37. The fourth-order valence-electron chi connectivity index (χ4n) is 4.45. The molecule has 35 heavy (non-hydrogen) atoms. The van der Waals surface area contributed by atoms with Crippen molar-refractivity contribution in [2.24, 2.45) is 12.8 Å². The molecule has 2 aliphatic heterocycles. The Morgan fingerprint density at radius 3 is 2.74 bits per heavy atom. The molecule has 0 spiro atoms. The van der Waals surface area contributed by atoms with Gasteiger partial charge in [-0.1, -0.05) is 6.07 Å². The van der Waals surface area contributed by atoms with Crippen LogP contribution in [0.15, 0.2) is 24.3 Å². The Morgan fingerprint density at radius 2 is 2.03 bits per heavy atom. The first kappa shape index (κ1) is 24.7. The van der Waals surface area contributed by atoms with Gasteiger partial charge in [-0.05, 0) is 24.6 Å². The quantitative estimate of drug-likeness (QED) is 0.484. The van der Waals surface area contributed by atoms with E-state index in [9.17, 15) is 14.4 Å². The minimum Gasteiger partial charge on any atom is -0.487 e. The molecule has 1 saturated heterocycles. The summed E-state index contributed by atoms with van der Waals surface area (Å²) in [5, 5.41) is 4.57. The van der Waals surface area contributed by atoms with E-state index in [-0.39, 0.29) is 31.9 Å². The number of methoxy groups -OCH3 is 1. The molecule has 1 unspecified atom stereocenters. The van der Waals surface area contributed by atoms with E-state index in [0.717, 1.165) is 44.2 Å². The highest BCUT2D eigenvalue weighted by Crippen LogP contribution is 2.33. The van der Waals surface area contributed by atoms with Gasteiger partial charge in [-0.3, -0.25) is 24.0 Å². The highest BCUT2D eigenvalue weighted by atomic mass is 16.5. The van der Waals surface area contributed by atoms with E-state index < -0.39 is 17.9 Å². The van der Waals surface area contributed by atoms with Crippen molar-refractivity contribution in [1.29, 1.82) is 0 Å². The summed E-state index contributed by atoms with van der Waals surface area (Å²) < 4.78 is 18.0. The molecule has 4 rings (SSSR count). The summed E-state index contributed by atoms with van der Waals surface area (Å²) >= 11 is 0. The summed E-state index contributed by atoms with van der Waals surface area (Å²) in [6.07, 6.45) is 0.0812. The van der Waals surface area contributed by atoms with Crippen LogP contribution in [0.25, 0.3) is 0 Å². The zero-order valence-corrected chi connectivity index (χ0v) is 20.1. The van der Waals surface area contributed by atoms with Gasteiger partial charge in [0.05, 0.1) is 32.6 Å². The minimum absolute atomic E-state index is 0.0138. The first-order valence-corrected chi connectivity index (χ1v) is 11.6. The molecule has 2 aromatic rings. The zero-order chi connectivity index (χ0) is 24.9. The van der Waals surface area contributed by atoms with Crippen LogP contribution in [-0.2, 0) is 45.8 Å². The molecule has 1 aromatic heterocycles. The molecule has 3 heterocycles. The number of rotatable bonds is 10. The predicted molar refractivity (Wildman–Crippen MR) is 124 cm³/mol. The summed E-state index contributed by atoms with van der Waals surface area (Å²) in [7, 11) is 3.18. The van der Waals surface area contributed by atoms with Gasteiger partial charge >= 0.3 is 5.97 Å². The standard InChI is InChI=1S/C24H31N5O6/c1-27-17(13-28-8-10-34-11-9-28)12-16(26-27)15-35-21-5-3-4-18-19(21)14-29(24(18)32)20(23(25)31)6-7-22(30)33-2/h3-5,12,20H,6-11,13-15H2,1-2H3,(H2,25,31). The summed E-state index contributed by atoms with van der Waals surface area (Å²) in [5.41, 5.74) is 8.57. The van der Waals surface area contributed by atoms with Gasteiger partial charge in [-0.15, -0.1) is 0 Å². The molecule has 1 fully saturated rings. The Bertz CT molecular complexity index is 1090. The maximum absolute atomic E-state index is 13.0. The van der Waals surface area contributed by atoms with Crippen LogP contribution in [0.5, 0.6) is 5.75 Å². The third-order valence-electron chi connectivity index (χ3n) is 6.40. The summed E-state index contributed by atoms with van der Waals surface area (Å²) in [4.78, 5) is 40.4. The van der Waals surface area contributed by atoms with Crippen molar-refractivity contribution in [2.45, 2.75) is 38.6 Å². The topological polar surface area (TPSA) is 129 Å². The number of aromatic nitrogens is 2. The number of carbonyl (C=O) groups is 3. The van der Waals surface area contributed by atoms with E-state index in [1.807, 2.05) is 17.8 Å². The summed E-state index contributed by atoms with van der Waals surface area (Å²) in [6, 6.07) is 6.34. The molecule has 1 aromatic carbocycles. The number of morpholine rings is 1. The maximum atomic E-state index is 13.0. The second kappa shape index (κ2) is 10.9. The van der Waals surface area contributed by atoms with E-state index in [0.29, 0.717) is 16.9 Å². The number of amides is 2. The Labute approximate surface area is 203 Å². The zero-order valence-electron chi connectivity index (χ0n) is 20.1. The van der Waals surface area contributed by atoms with Gasteiger partial charge in [-0.25, -0.2) is 0 Å². The predicted octanol–water partition coefficient (Wildman–Crippen LogP) is 0.594. The SMILES string of the molecule is COC(=O)CCC(C(N)=O)N1Cc2c(OCc3cc(CN4CCOCC4)n(C)n3)cccc2C1=O. The van der Waals surface area contributed by atoms with Crippen LogP contribution in [0, 0.1) is 0 Å². The number of ether oxygens (including phenoxy) is 3. The van der Waals surface area contributed by atoms with Crippen molar-refractivity contribution < 1.29 is 28.6 Å². The maximum Gasteiger partial charge on any atom is 0.305 e. The molecule has 2 amide bonds. The monoisotopic (exact) mass is 485 g/mol. The lowest BCUT2D eigenvalue weighted by Gasteiger charge is -2.26. The number of aryl methyl sites for hydroxylation is 1. The van der Waals surface area contributed by atoms with Gasteiger partial charge in [0.25, 0.3) is 5.91 Å². The third kappa shape index (κ3) is 5.63. The molecule has 11 heteroatoms. The van der Waals surface area contributed by atoms with Crippen LogP contribution in [0.3, 0.4) is 0 Å². The van der Waals surface area contributed by atoms with E-state index in [4.69, 9.17) is 15.2 Å². The number of primary amides is 1. The van der Waals surface area contributed by atoms with Crippen LogP contribution >= 0.6 is 0 Å². The number of hydrogen-bond acceptors (Lipinski definition) is 8. The Hall–Kier alpha value is -3.44. The number of fused-ring (bicyclic) bond motifs is 1. The van der Waals surface area contributed by atoms with Crippen molar-refractivity contribution in [2.75, 3.05) is 33.4 Å². The number of nitrogens with zero attached hydrogens (tertiary/aromatic N) is 4. The van der Waals surface area contributed by atoms with Gasteiger partial charge in [0, 0.05) is 44.2 Å². The van der Waals surface area contributed by atoms with Crippen molar-refractivity contribution in [1.82, 2.24) is 19.6 Å². The van der Waals surface area contributed by atoms with Gasteiger partial charge < -0.3 is 24.8 Å². The van der Waals surface area contributed by atoms with Crippen LogP contribution in [0.1, 0.15) is 40.2 Å². The molecule has 188 valence electrons. The van der Waals surface area contributed by atoms with Crippen molar-refractivity contribution in [3.05, 3.63) is 46.8 Å². The molecule has 2 N–H and O–H groups in total. The van der Waals surface area contributed by atoms with Crippen LogP contribution in [0.2, 0.25) is 0 Å². The third-order valence-corrected chi connectivity index (χ3v) is 6.40. The van der Waals surface area contributed by atoms with Crippen molar-refractivity contribution >= 4 is 17.8 Å². The number of esters is 1. The molecular formula is C24H31N5O6. The molecule has 1 atom stereocenters. The van der Waals surface area contributed by atoms with Crippen LogP contribution < -0.4 is 10.5 Å². The number of carbonyl (C=O) groups excluding carboxylic acids is 3. The Kier molecular flexibility index (Phi) is 7.67. The Morgan fingerprint density at radius 1 is 1.26 bits per heavy atom. The number of benzene rings is 1. The molecule has 11 nitrogen and oxygen atoms in total. The lowest BCUT2D eigenvalue weighted by molar-refractivity contribution is -0.141. The molecule has 0 aliphatic carbocycles. The van der Waals surface area contributed by atoms with E-state index in [2.05, 4.69) is 14.7 Å². The highest BCUT2D eigenvalue weighted by Gasteiger charge is 2.37. The molecule has 0 bridgehead atoms. The van der Waals surface area contributed by atoms with Crippen molar-refractivity contribution in [3.63, 3.8) is 0 Å². The van der Waals surface area contributed by atoms with E-state index in [1.54, 1.807) is 18.2 Å². The largest absolute Gasteiger partial charge is 0.487 e. The van der Waals surface area contributed by atoms with Gasteiger partial charge in [-0.2, -0.15) is 5.10 Å².